The molecule has 0 aromatic heterocycles. The summed E-state index contributed by atoms with van der Waals surface area (Å²) in [5.74, 6) is 0. The van der Waals surface area contributed by atoms with Gasteiger partial charge in [0.25, 0.3) is 0 Å². The molecule has 3 aromatic carbocycles. The van der Waals surface area contributed by atoms with E-state index in [0.29, 0.717) is 0 Å². The van der Waals surface area contributed by atoms with Gasteiger partial charge in [-0.15, -0.1) is 12.4 Å². The van der Waals surface area contributed by atoms with Crippen molar-refractivity contribution in [2.75, 3.05) is 39.3 Å². The first-order valence-electron chi connectivity index (χ1n) is 11.8. The van der Waals surface area contributed by atoms with Gasteiger partial charge in [-0.25, -0.2) is 0 Å². The van der Waals surface area contributed by atoms with Gasteiger partial charge >= 0.3 is 192 Å². The summed E-state index contributed by atoms with van der Waals surface area (Å²) < 4.78 is 7.47. The van der Waals surface area contributed by atoms with Gasteiger partial charge in [-0.3, -0.25) is 0 Å². The van der Waals surface area contributed by atoms with Gasteiger partial charge in [0.15, 0.2) is 0 Å². The van der Waals surface area contributed by atoms with E-state index in [4.69, 9.17) is 0 Å². The van der Waals surface area contributed by atoms with E-state index in [-0.39, 0.29) is 12.4 Å². The minimum atomic E-state index is -3.09. The second-order valence-corrected chi connectivity index (χ2v) is 14.3. The molecule has 1 heterocycles. The van der Waals surface area contributed by atoms with Gasteiger partial charge in [0.05, 0.1) is 0 Å². The Morgan fingerprint density at radius 3 is 1.22 bits per heavy atom. The molecule has 5 heteroatoms. The fourth-order valence-corrected chi connectivity index (χ4v) is 12.9. The molecule has 0 bridgehead atoms. The molecule has 1 saturated heterocycles. The van der Waals surface area contributed by atoms with Crippen molar-refractivity contribution in [2.24, 2.45) is 0 Å². The number of hydrogen-bond acceptors (Lipinski definition) is 3. The van der Waals surface area contributed by atoms with Crippen LogP contribution in [-0.2, 0) is 16.8 Å². The molecule has 1 aliphatic heterocycles. The van der Waals surface area contributed by atoms with Crippen LogP contribution in [0.15, 0.2) is 91.0 Å². The first-order chi connectivity index (χ1) is 15.4. The third-order valence-electron chi connectivity index (χ3n) is 6.32. The van der Waals surface area contributed by atoms with Crippen molar-refractivity contribution in [1.29, 1.82) is 0 Å². The molecule has 0 unspecified atom stereocenters. The quantitative estimate of drug-likeness (QED) is 0.556. The van der Waals surface area contributed by atoms with Crippen LogP contribution in [0.4, 0.5) is 0 Å². The average molecular weight is 486 g/mol. The van der Waals surface area contributed by atoms with Gasteiger partial charge in [-0.05, 0) is 0 Å². The van der Waals surface area contributed by atoms with Gasteiger partial charge in [-0.2, -0.15) is 0 Å². The van der Waals surface area contributed by atoms with E-state index >= 15 is 0 Å². The fourth-order valence-electron chi connectivity index (χ4n) is 4.91. The first kappa shape index (κ1) is 25.2. The van der Waals surface area contributed by atoms with Crippen LogP contribution in [0.1, 0.15) is 19.3 Å². The van der Waals surface area contributed by atoms with Gasteiger partial charge < -0.3 is 0 Å². The Morgan fingerprint density at radius 2 is 0.844 bits per heavy atom. The van der Waals surface area contributed by atoms with Crippen LogP contribution >= 0.6 is 12.4 Å². The van der Waals surface area contributed by atoms with Crippen LogP contribution in [0.3, 0.4) is 0 Å². The van der Waals surface area contributed by atoms with Crippen molar-refractivity contribution in [3.05, 3.63) is 91.0 Å². The molecule has 3 nitrogen and oxygen atoms in total. The van der Waals surface area contributed by atoms with E-state index in [2.05, 4.69) is 105 Å². The number of nitrogens with zero attached hydrogens (tertiary/aromatic N) is 1. The standard InChI is InChI=1S/C9H20N3.3C6H5.ClH.Ti/c1-4-10-6-2-8-12-9-3-7-11-5-1;3*1-2-4-6-5-3-1;;/h10-11H,1-9H2;3*1-5H;1H;/q-1;;;;;+1. The molecule has 0 saturated carbocycles. The molecule has 1 fully saturated rings. The molecular formula is C27H36ClN3Ti. The van der Waals surface area contributed by atoms with Gasteiger partial charge in [0.1, 0.15) is 0 Å². The van der Waals surface area contributed by atoms with E-state index in [1.165, 1.54) is 30.9 Å². The maximum atomic E-state index is 3.65. The van der Waals surface area contributed by atoms with Crippen LogP contribution in [0.25, 0.3) is 0 Å². The SMILES string of the molecule is Cl.c1cc[c]([Ti]([c]2ccccc2)([c]2ccccc2)[N]2CCCNCCCNCCC2)cc1. The zero-order valence-corrected chi connectivity index (χ0v) is 21.3. The Bertz CT molecular complexity index is 784. The molecule has 0 atom stereocenters. The fraction of sp³-hybridized carbons (Fsp3) is 0.333. The van der Waals surface area contributed by atoms with Crippen molar-refractivity contribution in [2.45, 2.75) is 19.3 Å². The summed E-state index contributed by atoms with van der Waals surface area (Å²) in [5, 5.41) is 7.30. The van der Waals surface area contributed by atoms with Crippen molar-refractivity contribution < 1.29 is 16.8 Å². The molecule has 3 aromatic rings. The third kappa shape index (κ3) is 5.91. The number of benzene rings is 3. The summed E-state index contributed by atoms with van der Waals surface area (Å²) in [5.41, 5.74) is 0. The van der Waals surface area contributed by atoms with E-state index in [9.17, 15) is 0 Å². The molecule has 170 valence electrons. The monoisotopic (exact) mass is 485 g/mol. The van der Waals surface area contributed by atoms with Crippen LogP contribution in [-0.4, -0.2) is 42.7 Å². The molecule has 1 aliphatic rings. The Kier molecular flexibility index (Phi) is 10.5. The first-order valence-corrected chi connectivity index (χ1v) is 14.8. The van der Waals surface area contributed by atoms with Crippen molar-refractivity contribution in [1.82, 2.24) is 14.0 Å². The summed E-state index contributed by atoms with van der Waals surface area (Å²) in [6.07, 6.45) is 3.59. The molecule has 2 N–H and O–H groups in total. The topological polar surface area (TPSA) is 27.3 Å². The molecule has 0 aliphatic carbocycles. The molecule has 0 amide bonds. The van der Waals surface area contributed by atoms with Gasteiger partial charge in [0, 0.05) is 0 Å². The molecular weight excluding hydrogens is 450 g/mol. The number of hydrogen-bond donors (Lipinski definition) is 2. The zero-order valence-electron chi connectivity index (χ0n) is 18.9. The van der Waals surface area contributed by atoms with E-state index in [1.807, 2.05) is 0 Å². The van der Waals surface area contributed by atoms with Crippen molar-refractivity contribution in [3.63, 3.8) is 0 Å². The summed E-state index contributed by atoms with van der Waals surface area (Å²) in [4.78, 5) is 0. The van der Waals surface area contributed by atoms with Crippen molar-refractivity contribution >= 4 is 24.0 Å². The molecule has 0 spiro atoms. The predicted molar refractivity (Wildman–Crippen MR) is 137 cm³/mol. The van der Waals surface area contributed by atoms with Gasteiger partial charge in [-0.1, -0.05) is 0 Å². The summed E-state index contributed by atoms with van der Waals surface area (Å²) in [6, 6.07) is 34.1. The third-order valence-corrected chi connectivity index (χ3v) is 14.0. The molecule has 4 rings (SSSR count). The second kappa shape index (κ2) is 13.3. The molecule has 32 heavy (non-hydrogen) atoms. The maximum absolute atomic E-state index is 3.65. The Hall–Kier alpha value is -1.46. The van der Waals surface area contributed by atoms with Crippen LogP contribution in [0.2, 0.25) is 0 Å². The van der Waals surface area contributed by atoms with Gasteiger partial charge in [0.2, 0.25) is 0 Å². The summed E-state index contributed by atoms with van der Waals surface area (Å²) in [7, 11) is 0. The van der Waals surface area contributed by atoms with Crippen LogP contribution < -0.4 is 22.2 Å². The second-order valence-electron chi connectivity index (χ2n) is 8.36. The van der Waals surface area contributed by atoms with E-state index < -0.39 is 16.8 Å². The average Bonchev–Trinajstić information content (AvgIpc) is 2.83. The number of rotatable bonds is 4. The summed E-state index contributed by atoms with van der Waals surface area (Å²) in [6.45, 7) is 6.66. The Labute approximate surface area is 203 Å². The zero-order chi connectivity index (χ0) is 21.2. The number of nitrogens with one attached hydrogen (secondary N) is 2. The minimum absolute atomic E-state index is 0. The predicted octanol–water partition coefficient (Wildman–Crippen LogP) is 3.12. The summed E-state index contributed by atoms with van der Waals surface area (Å²) >= 11 is -3.09. The van der Waals surface area contributed by atoms with E-state index in [1.54, 1.807) is 0 Å². The van der Waals surface area contributed by atoms with Crippen molar-refractivity contribution in [3.8, 4) is 0 Å². The number of halogens is 1. The Morgan fingerprint density at radius 1 is 0.500 bits per heavy atom. The van der Waals surface area contributed by atoms with E-state index in [0.717, 1.165) is 39.3 Å². The van der Waals surface area contributed by atoms with Crippen LogP contribution in [0, 0.1) is 0 Å². The normalized spacial score (nSPS) is 16.9. The Balaban J connectivity index is 0.00000289. The van der Waals surface area contributed by atoms with Crippen LogP contribution in [0.5, 0.6) is 0 Å². The molecule has 0 radical (unpaired) electrons.